The van der Waals surface area contributed by atoms with Crippen molar-refractivity contribution in [1.82, 2.24) is 9.97 Å². The fourth-order valence-corrected chi connectivity index (χ4v) is 4.14. The normalized spacial score (nSPS) is 31.7. The van der Waals surface area contributed by atoms with Crippen molar-refractivity contribution < 1.29 is 9.53 Å². The number of thioether (sulfide) groups is 1. The molecule has 0 amide bonds. The van der Waals surface area contributed by atoms with Crippen LogP contribution in [0.5, 0.6) is 0 Å². The molecule has 2 saturated heterocycles. The van der Waals surface area contributed by atoms with Gasteiger partial charge in [-0.1, -0.05) is 0 Å². The molecule has 0 saturated carbocycles. The van der Waals surface area contributed by atoms with E-state index in [-0.39, 0.29) is 17.3 Å². The van der Waals surface area contributed by atoms with Gasteiger partial charge in [0.15, 0.2) is 5.78 Å². The Bertz CT molecular complexity index is 432. The van der Waals surface area contributed by atoms with E-state index >= 15 is 0 Å². The zero-order valence-electron chi connectivity index (χ0n) is 10.2. The highest BCUT2D eigenvalue weighted by Gasteiger charge is 2.42. The van der Waals surface area contributed by atoms with Crippen LogP contribution in [0.2, 0.25) is 0 Å². The van der Waals surface area contributed by atoms with Gasteiger partial charge in [0.2, 0.25) is 0 Å². The largest absolute Gasteiger partial charge is 0.374 e. The van der Waals surface area contributed by atoms with Crippen LogP contribution in [-0.2, 0) is 4.74 Å². The van der Waals surface area contributed by atoms with Crippen LogP contribution >= 0.6 is 11.8 Å². The van der Waals surface area contributed by atoms with Gasteiger partial charge in [0, 0.05) is 24.5 Å². The maximum Gasteiger partial charge on any atom is 0.184 e. The van der Waals surface area contributed by atoms with Crippen molar-refractivity contribution in [1.29, 1.82) is 0 Å². The van der Waals surface area contributed by atoms with Crippen molar-refractivity contribution in [2.24, 2.45) is 5.92 Å². The lowest BCUT2D eigenvalue weighted by molar-refractivity contribution is -0.0735. The Morgan fingerprint density at radius 1 is 1.56 bits per heavy atom. The molecular weight excluding hydrogens is 248 g/mol. The number of rotatable bonds is 2. The Morgan fingerprint density at radius 3 is 3.22 bits per heavy atom. The number of carbonyl (C=O) groups is 1. The quantitative estimate of drug-likeness (QED) is 0.764. The molecule has 18 heavy (non-hydrogen) atoms. The third kappa shape index (κ3) is 2.29. The first-order chi connectivity index (χ1) is 8.79. The molecule has 2 aliphatic heterocycles. The first-order valence-electron chi connectivity index (χ1n) is 6.31. The summed E-state index contributed by atoms with van der Waals surface area (Å²) in [6.07, 6.45) is 5.80. The third-order valence-electron chi connectivity index (χ3n) is 3.77. The highest BCUT2D eigenvalue weighted by atomic mass is 32.2. The molecule has 2 atom stereocenters. The van der Waals surface area contributed by atoms with E-state index in [9.17, 15) is 4.79 Å². The molecule has 0 aromatic carbocycles. The molecule has 3 rings (SSSR count). The van der Waals surface area contributed by atoms with E-state index in [0.29, 0.717) is 12.3 Å². The number of hydrogen-bond acceptors (Lipinski definition) is 5. The minimum atomic E-state index is -0.0454. The van der Waals surface area contributed by atoms with E-state index in [0.717, 1.165) is 30.8 Å². The molecule has 2 aliphatic rings. The Hall–Kier alpha value is -0.940. The fraction of sp³-hybridized carbons (Fsp3) is 0.615. The minimum Gasteiger partial charge on any atom is -0.374 e. The van der Waals surface area contributed by atoms with Crippen LogP contribution in [0.15, 0.2) is 18.6 Å². The van der Waals surface area contributed by atoms with Crippen LogP contribution in [0.1, 0.15) is 29.8 Å². The molecule has 1 aromatic heterocycles. The summed E-state index contributed by atoms with van der Waals surface area (Å²) >= 11 is 1.93. The number of Topliss-reactive ketones (excluding diaryl/α,β-unsaturated/α-hetero) is 1. The monoisotopic (exact) mass is 264 g/mol. The predicted octanol–water partition coefficient (Wildman–Crippen LogP) is 1.96. The number of carbonyl (C=O) groups excluding carboxylic acids is 1. The first kappa shape index (κ1) is 12.1. The van der Waals surface area contributed by atoms with Gasteiger partial charge >= 0.3 is 0 Å². The second-order valence-corrected chi connectivity index (χ2v) is 6.09. The standard InChI is InChI=1S/C13H16N2O2S/c16-12(11-1-4-14-9-15-11)10-2-5-17-13(7-10)3-6-18-8-13/h1,4,9-10H,2-3,5-8H2. The number of hydrogen-bond donors (Lipinski definition) is 0. The SMILES string of the molecule is O=C(c1ccncn1)C1CCOC2(CCSC2)C1. The van der Waals surface area contributed by atoms with E-state index in [1.165, 1.54) is 6.33 Å². The zero-order valence-corrected chi connectivity index (χ0v) is 11.0. The number of aromatic nitrogens is 2. The molecule has 2 fully saturated rings. The summed E-state index contributed by atoms with van der Waals surface area (Å²) in [5.41, 5.74) is 0.494. The van der Waals surface area contributed by atoms with Crippen molar-refractivity contribution in [3.05, 3.63) is 24.3 Å². The van der Waals surface area contributed by atoms with E-state index < -0.39 is 0 Å². The minimum absolute atomic E-state index is 0.0454. The van der Waals surface area contributed by atoms with Crippen molar-refractivity contribution >= 4 is 17.5 Å². The molecule has 0 radical (unpaired) electrons. The molecule has 5 heteroatoms. The van der Waals surface area contributed by atoms with E-state index in [1.54, 1.807) is 12.3 Å². The van der Waals surface area contributed by atoms with E-state index in [2.05, 4.69) is 9.97 Å². The smallest absolute Gasteiger partial charge is 0.184 e. The Labute approximate surface area is 111 Å². The third-order valence-corrected chi connectivity index (χ3v) is 4.99. The molecular formula is C13H16N2O2S. The molecule has 0 bridgehead atoms. The number of nitrogens with zero attached hydrogens (tertiary/aromatic N) is 2. The Balaban J connectivity index is 1.74. The zero-order chi connectivity index (χ0) is 12.4. The molecule has 3 heterocycles. The van der Waals surface area contributed by atoms with Gasteiger partial charge in [-0.3, -0.25) is 4.79 Å². The Morgan fingerprint density at radius 2 is 2.50 bits per heavy atom. The molecule has 0 N–H and O–H groups in total. The summed E-state index contributed by atoms with van der Waals surface area (Å²) in [6, 6.07) is 1.70. The van der Waals surface area contributed by atoms with Gasteiger partial charge in [-0.25, -0.2) is 9.97 Å². The first-order valence-corrected chi connectivity index (χ1v) is 7.47. The maximum absolute atomic E-state index is 12.4. The van der Waals surface area contributed by atoms with Crippen LogP contribution in [0.3, 0.4) is 0 Å². The van der Waals surface area contributed by atoms with Gasteiger partial charge in [0.25, 0.3) is 0 Å². The Kier molecular flexibility index (Phi) is 3.35. The molecule has 2 unspecified atom stereocenters. The molecule has 4 nitrogen and oxygen atoms in total. The lowest BCUT2D eigenvalue weighted by atomic mass is 9.82. The van der Waals surface area contributed by atoms with Gasteiger partial charge < -0.3 is 4.74 Å². The summed E-state index contributed by atoms with van der Waals surface area (Å²) in [6.45, 7) is 0.696. The highest BCUT2D eigenvalue weighted by molar-refractivity contribution is 7.99. The second kappa shape index (κ2) is 4.97. The molecule has 0 aliphatic carbocycles. The lowest BCUT2D eigenvalue weighted by Crippen LogP contribution is -2.42. The van der Waals surface area contributed by atoms with Gasteiger partial charge in [-0.2, -0.15) is 11.8 Å². The molecule has 1 aromatic rings. The van der Waals surface area contributed by atoms with Gasteiger partial charge in [-0.15, -0.1) is 0 Å². The van der Waals surface area contributed by atoms with Crippen LogP contribution in [0.4, 0.5) is 0 Å². The van der Waals surface area contributed by atoms with Crippen molar-refractivity contribution in [2.45, 2.75) is 24.9 Å². The summed E-state index contributed by atoms with van der Waals surface area (Å²) in [5.74, 6) is 2.39. The highest BCUT2D eigenvalue weighted by Crippen LogP contribution is 2.41. The average Bonchev–Trinajstić information content (AvgIpc) is 2.87. The summed E-state index contributed by atoms with van der Waals surface area (Å²) in [4.78, 5) is 20.3. The van der Waals surface area contributed by atoms with Gasteiger partial charge in [0.05, 0.1) is 5.60 Å². The van der Waals surface area contributed by atoms with Gasteiger partial charge in [-0.05, 0) is 31.1 Å². The topological polar surface area (TPSA) is 52.1 Å². The van der Waals surface area contributed by atoms with Crippen molar-refractivity contribution in [2.75, 3.05) is 18.1 Å². The lowest BCUT2D eigenvalue weighted by Gasteiger charge is -2.37. The molecule has 96 valence electrons. The van der Waals surface area contributed by atoms with Crippen molar-refractivity contribution in [3.8, 4) is 0 Å². The predicted molar refractivity (Wildman–Crippen MR) is 69.7 cm³/mol. The maximum atomic E-state index is 12.4. The van der Waals surface area contributed by atoms with E-state index in [1.807, 2.05) is 11.8 Å². The van der Waals surface area contributed by atoms with Crippen LogP contribution in [0, 0.1) is 5.92 Å². The number of ketones is 1. The average molecular weight is 264 g/mol. The fourth-order valence-electron chi connectivity index (χ4n) is 2.76. The number of ether oxygens (including phenoxy) is 1. The molecule has 1 spiro atoms. The van der Waals surface area contributed by atoms with Crippen LogP contribution < -0.4 is 0 Å². The van der Waals surface area contributed by atoms with Crippen molar-refractivity contribution in [3.63, 3.8) is 0 Å². The van der Waals surface area contributed by atoms with Crippen LogP contribution in [0.25, 0.3) is 0 Å². The second-order valence-electron chi connectivity index (χ2n) is 4.98. The summed E-state index contributed by atoms with van der Waals surface area (Å²) in [7, 11) is 0. The summed E-state index contributed by atoms with van der Waals surface area (Å²) in [5, 5.41) is 0. The van der Waals surface area contributed by atoms with E-state index in [4.69, 9.17) is 4.74 Å². The van der Waals surface area contributed by atoms with Gasteiger partial charge in [0.1, 0.15) is 12.0 Å². The summed E-state index contributed by atoms with van der Waals surface area (Å²) < 4.78 is 5.94. The van der Waals surface area contributed by atoms with Crippen LogP contribution in [-0.4, -0.2) is 39.5 Å².